The van der Waals surface area contributed by atoms with Crippen molar-refractivity contribution in [3.63, 3.8) is 0 Å². The summed E-state index contributed by atoms with van der Waals surface area (Å²) < 4.78 is 25.7. The fourth-order valence-electron chi connectivity index (χ4n) is 8.21. The molecule has 6 saturated carbocycles. The first-order valence-corrected chi connectivity index (χ1v) is 15.8. The van der Waals surface area contributed by atoms with Crippen molar-refractivity contribution < 1.29 is 18.4 Å². The molecule has 9 heteroatoms. The van der Waals surface area contributed by atoms with Gasteiger partial charge in [-0.05, 0) is 87.7 Å². The highest BCUT2D eigenvalue weighted by Gasteiger charge is 2.69. The van der Waals surface area contributed by atoms with Gasteiger partial charge in [0.1, 0.15) is 5.67 Å². The average Bonchev–Trinajstić information content (AvgIpc) is 3.49. The molecule has 0 saturated heterocycles. The Morgan fingerprint density at radius 2 is 1.70 bits per heavy atom. The number of anilines is 1. The average molecular weight is 588 g/mol. The lowest BCUT2D eigenvalue weighted by molar-refractivity contribution is -0.215. The minimum atomic E-state index is -1.02. The molecule has 0 unspecified atom stereocenters. The van der Waals surface area contributed by atoms with Crippen molar-refractivity contribution in [2.24, 2.45) is 10.8 Å². The molecule has 6 aliphatic rings. The zero-order valence-corrected chi connectivity index (χ0v) is 25.8. The van der Waals surface area contributed by atoms with Crippen LogP contribution in [-0.4, -0.2) is 44.8 Å². The van der Waals surface area contributed by atoms with Gasteiger partial charge in [0, 0.05) is 35.0 Å². The molecule has 4 bridgehead atoms. The van der Waals surface area contributed by atoms with Gasteiger partial charge in [-0.2, -0.15) is 4.98 Å². The SMILES string of the molecule is CCOc1cnc(-c2cccc(N(CC34CCC(c5nc(C(C)(C)C)no5)(CC3)CC4)C(=O)CC34CC(F)(C3)C4)c2)nc1. The van der Waals surface area contributed by atoms with Crippen LogP contribution in [0.4, 0.5) is 10.1 Å². The number of benzene rings is 1. The number of rotatable bonds is 9. The molecule has 9 rings (SSSR count). The van der Waals surface area contributed by atoms with Crippen LogP contribution in [0, 0.1) is 10.8 Å². The van der Waals surface area contributed by atoms with E-state index in [2.05, 4.69) is 35.9 Å². The van der Waals surface area contributed by atoms with Crippen LogP contribution in [0.25, 0.3) is 11.4 Å². The van der Waals surface area contributed by atoms with Crippen molar-refractivity contribution in [3.05, 3.63) is 48.4 Å². The Morgan fingerprint density at radius 3 is 2.28 bits per heavy atom. The number of amides is 1. The second-order valence-electron chi connectivity index (χ2n) is 15.0. The van der Waals surface area contributed by atoms with Crippen LogP contribution in [0.1, 0.15) is 104 Å². The van der Waals surface area contributed by atoms with Gasteiger partial charge in [-0.1, -0.05) is 38.1 Å². The zero-order valence-electron chi connectivity index (χ0n) is 25.8. The predicted molar refractivity (Wildman–Crippen MR) is 161 cm³/mol. The standard InChI is InChI=1S/C34H42FN5O3/c1-5-42-25-17-36-27(37-18-25)23-7-6-8-24(15-23)40(26(41)16-32-19-34(35,20-32)21-32)22-31-9-12-33(13-10-31,14-11-31)29-38-28(39-43-29)30(2,3)4/h6-8,15,17-18H,5,9-14,16,19-22H2,1-4H3. The first-order chi connectivity index (χ1) is 20.4. The fourth-order valence-corrected chi connectivity index (χ4v) is 8.21. The van der Waals surface area contributed by atoms with Crippen LogP contribution >= 0.6 is 0 Å². The Morgan fingerprint density at radius 1 is 1.02 bits per heavy atom. The Balaban J connectivity index is 1.13. The Kier molecular flexibility index (Phi) is 6.49. The molecule has 2 aromatic heterocycles. The van der Waals surface area contributed by atoms with Crippen molar-refractivity contribution in [2.75, 3.05) is 18.1 Å². The molecule has 2 heterocycles. The summed E-state index contributed by atoms with van der Waals surface area (Å²) in [6, 6.07) is 7.97. The van der Waals surface area contributed by atoms with Crippen LogP contribution in [0.3, 0.4) is 0 Å². The summed E-state index contributed by atoms with van der Waals surface area (Å²) >= 11 is 0. The maximum Gasteiger partial charge on any atom is 0.232 e. The smallest absolute Gasteiger partial charge is 0.232 e. The molecule has 0 N–H and O–H groups in total. The van der Waals surface area contributed by atoms with E-state index in [0.29, 0.717) is 50.4 Å². The quantitative estimate of drug-likeness (QED) is 0.263. The number of fused-ring (bicyclic) bond motifs is 3. The van der Waals surface area contributed by atoms with E-state index >= 15 is 0 Å². The van der Waals surface area contributed by atoms with Gasteiger partial charge in [0.2, 0.25) is 11.8 Å². The summed E-state index contributed by atoms with van der Waals surface area (Å²) in [6.07, 6.45) is 11.3. The molecule has 0 atom stereocenters. The van der Waals surface area contributed by atoms with E-state index in [9.17, 15) is 9.18 Å². The third kappa shape index (κ3) is 5.02. The molecule has 1 aromatic carbocycles. The number of halogens is 1. The summed E-state index contributed by atoms with van der Waals surface area (Å²) in [4.78, 5) is 30.0. The van der Waals surface area contributed by atoms with E-state index in [4.69, 9.17) is 14.2 Å². The van der Waals surface area contributed by atoms with E-state index in [1.807, 2.05) is 36.1 Å². The van der Waals surface area contributed by atoms with Crippen molar-refractivity contribution in [1.29, 1.82) is 0 Å². The first-order valence-electron chi connectivity index (χ1n) is 15.8. The second-order valence-corrected chi connectivity index (χ2v) is 15.0. The second kappa shape index (κ2) is 9.83. The highest BCUT2D eigenvalue weighted by molar-refractivity contribution is 5.94. The van der Waals surface area contributed by atoms with Crippen LogP contribution in [-0.2, 0) is 15.6 Å². The maximum atomic E-state index is 14.4. The van der Waals surface area contributed by atoms with Gasteiger partial charge in [-0.15, -0.1) is 0 Å². The molecule has 6 fully saturated rings. The van der Waals surface area contributed by atoms with E-state index < -0.39 is 5.67 Å². The third-order valence-corrected chi connectivity index (χ3v) is 10.7. The number of carbonyl (C=O) groups excluding carboxylic acids is 1. The number of hydrogen-bond acceptors (Lipinski definition) is 7. The molecular formula is C34H42FN5O3. The van der Waals surface area contributed by atoms with Crippen molar-refractivity contribution in [3.8, 4) is 17.1 Å². The lowest BCUT2D eigenvalue weighted by atomic mass is 9.41. The van der Waals surface area contributed by atoms with Crippen LogP contribution in [0.15, 0.2) is 41.2 Å². The Hall–Kier alpha value is -3.36. The highest BCUT2D eigenvalue weighted by Crippen LogP contribution is 2.71. The number of aromatic nitrogens is 4. The van der Waals surface area contributed by atoms with Gasteiger partial charge in [0.15, 0.2) is 17.4 Å². The minimum Gasteiger partial charge on any atom is -0.491 e. The third-order valence-electron chi connectivity index (χ3n) is 10.7. The Bertz CT molecular complexity index is 1480. The summed E-state index contributed by atoms with van der Waals surface area (Å²) in [5.74, 6) is 2.85. The first kappa shape index (κ1) is 28.4. The number of hydrogen-bond donors (Lipinski definition) is 0. The topological polar surface area (TPSA) is 94.2 Å². The van der Waals surface area contributed by atoms with Crippen LogP contribution in [0.2, 0.25) is 0 Å². The monoisotopic (exact) mass is 587 g/mol. The number of ether oxygens (including phenoxy) is 1. The van der Waals surface area contributed by atoms with E-state index in [0.717, 1.165) is 61.5 Å². The van der Waals surface area contributed by atoms with Crippen LogP contribution < -0.4 is 9.64 Å². The van der Waals surface area contributed by atoms with Gasteiger partial charge in [-0.25, -0.2) is 14.4 Å². The van der Waals surface area contributed by atoms with Crippen molar-refractivity contribution >= 4 is 11.6 Å². The molecule has 6 aliphatic carbocycles. The zero-order chi connectivity index (χ0) is 30.1. The molecular weight excluding hydrogens is 545 g/mol. The van der Waals surface area contributed by atoms with Crippen molar-refractivity contribution in [2.45, 2.75) is 108 Å². The highest BCUT2D eigenvalue weighted by atomic mass is 19.1. The maximum absolute atomic E-state index is 14.4. The van der Waals surface area contributed by atoms with Gasteiger partial charge >= 0.3 is 0 Å². The van der Waals surface area contributed by atoms with Gasteiger partial charge in [0.25, 0.3) is 0 Å². The Labute approximate surface area is 252 Å². The van der Waals surface area contributed by atoms with E-state index in [-0.39, 0.29) is 27.6 Å². The number of carbonyl (C=O) groups is 1. The molecule has 0 radical (unpaired) electrons. The lowest BCUT2D eigenvalue weighted by Gasteiger charge is -2.66. The normalized spacial score (nSPS) is 30.8. The number of nitrogens with zero attached hydrogens (tertiary/aromatic N) is 5. The molecule has 8 nitrogen and oxygen atoms in total. The predicted octanol–water partition coefficient (Wildman–Crippen LogP) is 7.13. The van der Waals surface area contributed by atoms with Gasteiger partial charge in [0.05, 0.1) is 19.0 Å². The van der Waals surface area contributed by atoms with E-state index in [1.54, 1.807) is 12.4 Å². The van der Waals surface area contributed by atoms with E-state index in [1.165, 1.54) is 0 Å². The van der Waals surface area contributed by atoms with Gasteiger partial charge < -0.3 is 14.2 Å². The molecule has 3 aromatic rings. The largest absolute Gasteiger partial charge is 0.491 e. The summed E-state index contributed by atoms with van der Waals surface area (Å²) in [5, 5.41) is 4.32. The molecule has 228 valence electrons. The van der Waals surface area contributed by atoms with Crippen molar-refractivity contribution in [1.82, 2.24) is 20.1 Å². The molecule has 0 aliphatic heterocycles. The number of alkyl halides is 1. The molecule has 43 heavy (non-hydrogen) atoms. The van der Waals surface area contributed by atoms with Crippen LogP contribution in [0.5, 0.6) is 5.75 Å². The fraction of sp³-hybridized carbons (Fsp3) is 0.618. The summed E-state index contributed by atoms with van der Waals surface area (Å²) in [5.41, 5.74) is 0.322. The molecule has 1 amide bonds. The summed E-state index contributed by atoms with van der Waals surface area (Å²) in [7, 11) is 0. The van der Waals surface area contributed by atoms with Gasteiger partial charge in [-0.3, -0.25) is 4.79 Å². The minimum absolute atomic E-state index is 0.0245. The summed E-state index contributed by atoms with van der Waals surface area (Å²) in [6.45, 7) is 9.45. The molecule has 0 spiro atoms. The lowest BCUT2D eigenvalue weighted by Crippen LogP contribution is -2.65.